The SMILES string of the molecule is O=C(Nc1cccc(O)c1)c1c(Cl)cccc1[N+](=O)[O-]. The minimum Gasteiger partial charge on any atom is -0.508 e. The van der Waals surface area contributed by atoms with Gasteiger partial charge in [-0.15, -0.1) is 0 Å². The van der Waals surface area contributed by atoms with Crippen LogP contribution in [0.3, 0.4) is 0 Å². The van der Waals surface area contributed by atoms with Gasteiger partial charge in [0.25, 0.3) is 11.6 Å². The zero-order chi connectivity index (χ0) is 14.7. The predicted molar refractivity (Wildman–Crippen MR) is 74.2 cm³/mol. The number of nitrogens with one attached hydrogen (secondary N) is 1. The van der Waals surface area contributed by atoms with Gasteiger partial charge in [-0.3, -0.25) is 14.9 Å². The first-order chi connectivity index (χ1) is 9.49. The van der Waals surface area contributed by atoms with Crippen molar-refractivity contribution in [2.45, 2.75) is 0 Å². The Morgan fingerprint density at radius 3 is 2.60 bits per heavy atom. The molecule has 0 atom stereocenters. The monoisotopic (exact) mass is 292 g/mol. The van der Waals surface area contributed by atoms with Crippen molar-refractivity contribution in [3.63, 3.8) is 0 Å². The Morgan fingerprint density at radius 2 is 1.95 bits per heavy atom. The maximum atomic E-state index is 12.1. The molecule has 2 rings (SSSR count). The molecule has 2 aromatic rings. The Morgan fingerprint density at radius 1 is 1.25 bits per heavy atom. The van der Waals surface area contributed by atoms with Crippen molar-refractivity contribution < 1.29 is 14.8 Å². The molecule has 0 bridgehead atoms. The van der Waals surface area contributed by atoms with E-state index in [1.807, 2.05) is 0 Å². The van der Waals surface area contributed by atoms with Gasteiger partial charge in [0.15, 0.2) is 0 Å². The molecule has 0 aromatic heterocycles. The minimum atomic E-state index is -0.715. The molecule has 102 valence electrons. The number of benzene rings is 2. The van der Waals surface area contributed by atoms with Gasteiger partial charge in [0.05, 0.1) is 9.95 Å². The first-order valence-corrected chi connectivity index (χ1v) is 5.90. The zero-order valence-corrected chi connectivity index (χ0v) is 10.8. The summed E-state index contributed by atoms with van der Waals surface area (Å²) >= 11 is 5.85. The first kappa shape index (κ1) is 13.8. The average molecular weight is 293 g/mol. The Hall–Kier alpha value is -2.60. The fourth-order valence-electron chi connectivity index (χ4n) is 1.67. The van der Waals surface area contributed by atoms with Crippen molar-refractivity contribution >= 4 is 28.9 Å². The molecule has 0 aliphatic carbocycles. The number of anilines is 1. The number of rotatable bonds is 3. The van der Waals surface area contributed by atoms with Gasteiger partial charge in [-0.25, -0.2) is 0 Å². The lowest BCUT2D eigenvalue weighted by molar-refractivity contribution is -0.385. The number of phenols is 1. The largest absolute Gasteiger partial charge is 0.508 e. The van der Waals surface area contributed by atoms with Gasteiger partial charge in [0.1, 0.15) is 11.3 Å². The Labute approximate surface area is 118 Å². The van der Waals surface area contributed by atoms with Crippen molar-refractivity contribution in [1.29, 1.82) is 0 Å². The summed E-state index contributed by atoms with van der Waals surface area (Å²) in [5, 5.41) is 22.7. The van der Waals surface area contributed by atoms with Crippen LogP contribution in [0.4, 0.5) is 11.4 Å². The summed E-state index contributed by atoms with van der Waals surface area (Å²) < 4.78 is 0. The normalized spacial score (nSPS) is 10.1. The van der Waals surface area contributed by atoms with Crippen molar-refractivity contribution in [1.82, 2.24) is 0 Å². The molecule has 0 spiro atoms. The molecular weight excluding hydrogens is 284 g/mol. The maximum absolute atomic E-state index is 12.1. The maximum Gasteiger partial charge on any atom is 0.283 e. The van der Waals surface area contributed by atoms with Gasteiger partial charge in [-0.2, -0.15) is 0 Å². The van der Waals surface area contributed by atoms with Crippen LogP contribution in [0.5, 0.6) is 5.75 Å². The van der Waals surface area contributed by atoms with Crippen LogP contribution < -0.4 is 5.32 Å². The van der Waals surface area contributed by atoms with Gasteiger partial charge < -0.3 is 10.4 Å². The molecular formula is C13H9ClN2O4. The number of nitro groups is 1. The smallest absolute Gasteiger partial charge is 0.283 e. The van der Waals surface area contributed by atoms with Crippen LogP contribution in [0.2, 0.25) is 5.02 Å². The number of halogens is 1. The number of hydrogen-bond acceptors (Lipinski definition) is 4. The second kappa shape index (κ2) is 5.58. The molecule has 0 saturated heterocycles. The van der Waals surface area contributed by atoms with Gasteiger partial charge in [0, 0.05) is 17.8 Å². The summed E-state index contributed by atoms with van der Waals surface area (Å²) in [5.41, 5.74) is -0.290. The van der Waals surface area contributed by atoms with Crippen LogP contribution in [0.1, 0.15) is 10.4 Å². The van der Waals surface area contributed by atoms with E-state index in [2.05, 4.69) is 5.32 Å². The standard InChI is InChI=1S/C13H9ClN2O4/c14-10-5-2-6-11(16(19)20)12(10)13(18)15-8-3-1-4-9(17)7-8/h1-7,17H,(H,15,18). The molecule has 0 aliphatic heterocycles. The summed E-state index contributed by atoms with van der Waals surface area (Å²) in [6, 6.07) is 9.82. The summed E-state index contributed by atoms with van der Waals surface area (Å²) in [6.45, 7) is 0. The molecule has 2 aromatic carbocycles. The number of nitrogens with zero attached hydrogens (tertiary/aromatic N) is 1. The van der Waals surface area contributed by atoms with E-state index in [0.29, 0.717) is 5.69 Å². The van der Waals surface area contributed by atoms with E-state index >= 15 is 0 Å². The highest BCUT2D eigenvalue weighted by Gasteiger charge is 2.23. The van der Waals surface area contributed by atoms with Gasteiger partial charge in [-0.05, 0) is 18.2 Å². The highest BCUT2D eigenvalue weighted by molar-refractivity contribution is 6.35. The van der Waals surface area contributed by atoms with Crippen molar-refractivity contribution in [3.8, 4) is 5.75 Å². The molecule has 1 amide bonds. The summed E-state index contributed by atoms with van der Waals surface area (Å²) in [7, 11) is 0. The van der Waals surface area contributed by atoms with E-state index in [1.165, 1.54) is 36.4 Å². The molecule has 0 heterocycles. The van der Waals surface area contributed by atoms with Crippen molar-refractivity contribution in [2.75, 3.05) is 5.32 Å². The molecule has 20 heavy (non-hydrogen) atoms. The summed E-state index contributed by atoms with van der Waals surface area (Å²) in [6.07, 6.45) is 0. The first-order valence-electron chi connectivity index (χ1n) is 5.52. The van der Waals surface area contributed by atoms with E-state index in [0.717, 1.165) is 0 Å². The van der Waals surface area contributed by atoms with Gasteiger partial charge >= 0.3 is 0 Å². The topological polar surface area (TPSA) is 92.5 Å². The third-order valence-corrected chi connectivity index (χ3v) is 2.83. The van der Waals surface area contributed by atoms with Crippen LogP contribution in [0.15, 0.2) is 42.5 Å². The lowest BCUT2D eigenvalue weighted by atomic mass is 10.1. The number of nitro benzene ring substituents is 1. The zero-order valence-electron chi connectivity index (χ0n) is 10.0. The van der Waals surface area contributed by atoms with Gasteiger partial charge in [0.2, 0.25) is 0 Å². The van der Waals surface area contributed by atoms with E-state index in [-0.39, 0.29) is 22.0 Å². The molecule has 2 N–H and O–H groups in total. The third-order valence-electron chi connectivity index (χ3n) is 2.52. The van der Waals surface area contributed by atoms with Gasteiger partial charge in [-0.1, -0.05) is 23.7 Å². The Kier molecular flexibility index (Phi) is 3.86. The number of aromatic hydroxyl groups is 1. The molecule has 0 fully saturated rings. The quantitative estimate of drug-likeness (QED) is 0.671. The van der Waals surface area contributed by atoms with E-state index < -0.39 is 10.8 Å². The summed E-state index contributed by atoms with van der Waals surface area (Å²) in [5.74, 6) is -0.746. The Bertz CT molecular complexity index is 688. The van der Waals surface area contributed by atoms with E-state index in [4.69, 9.17) is 11.6 Å². The van der Waals surface area contributed by atoms with Crippen LogP contribution in [0, 0.1) is 10.1 Å². The highest BCUT2D eigenvalue weighted by Crippen LogP contribution is 2.27. The molecule has 7 heteroatoms. The third kappa shape index (κ3) is 2.86. The van der Waals surface area contributed by atoms with Crippen LogP contribution in [-0.2, 0) is 0 Å². The number of phenolic OH excluding ortho intramolecular Hbond substituents is 1. The van der Waals surface area contributed by atoms with E-state index in [9.17, 15) is 20.0 Å². The molecule has 0 aliphatic rings. The lowest BCUT2D eigenvalue weighted by Gasteiger charge is -2.07. The predicted octanol–water partition coefficient (Wildman–Crippen LogP) is 3.21. The van der Waals surface area contributed by atoms with Crippen molar-refractivity contribution in [3.05, 3.63) is 63.2 Å². The second-order valence-electron chi connectivity index (χ2n) is 3.90. The minimum absolute atomic E-state index is 0.0168. The number of amides is 1. The number of carbonyl (C=O) groups is 1. The Balaban J connectivity index is 2.37. The van der Waals surface area contributed by atoms with Crippen LogP contribution in [-0.4, -0.2) is 15.9 Å². The number of carbonyl (C=O) groups excluding carboxylic acids is 1. The molecule has 0 unspecified atom stereocenters. The van der Waals surface area contributed by atoms with Crippen LogP contribution >= 0.6 is 11.6 Å². The summed E-state index contributed by atoms with van der Waals surface area (Å²) in [4.78, 5) is 22.3. The average Bonchev–Trinajstić information content (AvgIpc) is 2.38. The second-order valence-corrected chi connectivity index (χ2v) is 4.30. The molecule has 0 radical (unpaired) electrons. The number of hydrogen-bond donors (Lipinski definition) is 2. The van der Waals surface area contributed by atoms with Crippen LogP contribution in [0.25, 0.3) is 0 Å². The van der Waals surface area contributed by atoms with Crippen molar-refractivity contribution in [2.24, 2.45) is 0 Å². The molecule has 0 saturated carbocycles. The highest BCUT2D eigenvalue weighted by atomic mass is 35.5. The van der Waals surface area contributed by atoms with E-state index in [1.54, 1.807) is 6.07 Å². The molecule has 6 nitrogen and oxygen atoms in total. The fraction of sp³-hybridized carbons (Fsp3) is 0. The lowest BCUT2D eigenvalue weighted by Crippen LogP contribution is -2.14. The fourth-order valence-corrected chi connectivity index (χ4v) is 1.92.